The van der Waals surface area contributed by atoms with Crippen LogP contribution in [0.1, 0.15) is 40.9 Å². The molecule has 88 valence electrons. The number of nitrogens with one attached hydrogen (secondary N) is 1. The Bertz CT molecular complexity index is 521. The van der Waals surface area contributed by atoms with Crippen LogP contribution in [0.5, 0.6) is 0 Å². The molecule has 0 unspecified atom stereocenters. The standard InChI is InChI=1S/C12H13N3OS/c13-5-8-9(14)11(10(16)6-1-2-6)17-12(8)15-7-3-4-7/h6-7,15H,1-4,14H2. The summed E-state index contributed by atoms with van der Waals surface area (Å²) >= 11 is 1.35. The molecule has 0 spiro atoms. The van der Waals surface area contributed by atoms with E-state index in [2.05, 4.69) is 11.4 Å². The van der Waals surface area contributed by atoms with E-state index >= 15 is 0 Å². The van der Waals surface area contributed by atoms with E-state index in [0.29, 0.717) is 22.2 Å². The summed E-state index contributed by atoms with van der Waals surface area (Å²) in [6.45, 7) is 0. The Labute approximate surface area is 103 Å². The van der Waals surface area contributed by atoms with Gasteiger partial charge in [-0.05, 0) is 25.7 Å². The number of carbonyl (C=O) groups excluding carboxylic acids is 1. The molecule has 2 aliphatic carbocycles. The van der Waals surface area contributed by atoms with Crippen LogP contribution >= 0.6 is 11.3 Å². The zero-order valence-corrected chi connectivity index (χ0v) is 10.1. The summed E-state index contributed by atoms with van der Waals surface area (Å²) in [5, 5.41) is 13.2. The van der Waals surface area contributed by atoms with Gasteiger partial charge in [-0.1, -0.05) is 0 Å². The summed E-state index contributed by atoms with van der Waals surface area (Å²) in [6, 6.07) is 2.56. The van der Waals surface area contributed by atoms with Crippen molar-refractivity contribution in [2.24, 2.45) is 5.92 Å². The highest BCUT2D eigenvalue weighted by atomic mass is 32.1. The summed E-state index contributed by atoms with van der Waals surface area (Å²) in [4.78, 5) is 12.6. The molecule has 0 saturated heterocycles. The van der Waals surface area contributed by atoms with E-state index < -0.39 is 0 Å². The van der Waals surface area contributed by atoms with Crippen molar-refractivity contribution in [2.45, 2.75) is 31.7 Å². The highest BCUT2D eigenvalue weighted by Crippen LogP contribution is 2.42. The summed E-state index contributed by atoms with van der Waals surface area (Å²) in [5.74, 6) is 0.268. The first-order valence-electron chi connectivity index (χ1n) is 5.83. The molecule has 3 rings (SSSR count). The lowest BCUT2D eigenvalue weighted by Crippen LogP contribution is -2.02. The smallest absolute Gasteiger partial charge is 0.178 e. The Morgan fingerprint density at radius 2 is 2.12 bits per heavy atom. The Kier molecular flexibility index (Phi) is 2.33. The number of nitrogens with two attached hydrogens (primary N) is 1. The molecule has 0 aliphatic heterocycles. The zero-order chi connectivity index (χ0) is 12.0. The predicted molar refractivity (Wildman–Crippen MR) is 67.1 cm³/mol. The third kappa shape index (κ3) is 1.89. The molecule has 2 fully saturated rings. The fraction of sp³-hybridized carbons (Fsp3) is 0.500. The summed E-state index contributed by atoms with van der Waals surface area (Å²) in [5.41, 5.74) is 6.73. The number of ketones is 1. The van der Waals surface area contributed by atoms with E-state index in [1.807, 2.05) is 0 Å². The monoisotopic (exact) mass is 247 g/mol. The van der Waals surface area contributed by atoms with Crippen LogP contribution in [0, 0.1) is 17.2 Å². The van der Waals surface area contributed by atoms with Crippen molar-refractivity contribution in [1.29, 1.82) is 5.26 Å². The Morgan fingerprint density at radius 1 is 1.41 bits per heavy atom. The molecule has 0 aromatic carbocycles. The Balaban J connectivity index is 1.95. The minimum Gasteiger partial charge on any atom is -0.396 e. The number of thiophene rings is 1. The zero-order valence-electron chi connectivity index (χ0n) is 9.32. The van der Waals surface area contributed by atoms with Crippen molar-refractivity contribution >= 4 is 27.8 Å². The molecule has 0 radical (unpaired) electrons. The lowest BCUT2D eigenvalue weighted by Gasteiger charge is -1.99. The van der Waals surface area contributed by atoms with Crippen LogP contribution in [0.2, 0.25) is 0 Å². The first-order valence-corrected chi connectivity index (χ1v) is 6.65. The molecule has 2 aliphatic rings. The molecule has 5 heteroatoms. The third-order valence-corrected chi connectivity index (χ3v) is 4.29. The molecule has 1 heterocycles. The maximum Gasteiger partial charge on any atom is 0.178 e. The van der Waals surface area contributed by atoms with Gasteiger partial charge in [-0.25, -0.2) is 0 Å². The fourth-order valence-electron chi connectivity index (χ4n) is 1.78. The van der Waals surface area contributed by atoms with Gasteiger partial charge in [-0.15, -0.1) is 11.3 Å². The van der Waals surface area contributed by atoms with Gasteiger partial charge >= 0.3 is 0 Å². The maximum absolute atomic E-state index is 12.0. The van der Waals surface area contributed by atoms with Crippen LogP contribution in [-0.4, -0.2) is 11.8 Å². The third-order valence-electron chi connectivity index (χ3n) is 3.14. The topological polar surface area (TPSA) is 78.9 Å². The number of carbonyl (C=O) groups is 1. The van der Waals surface area contributed by atoms with Crippen molar-refractivity contribution in [3.63, 3.8) is 0 Å². The van der Waals surface area contributed by atoms with E-state index in [-0.39, 0.29) is 11.7 Å². The second-order valence-corrected chi connectivity index (χ2v) is 5.74. The molecular formula is C12H13N3OS. The highest BCUT2D eigenvalue weighted by Gasteiger charge is 2.34. The average molecular weight is 247 g/mol. The number of anilines is 2. The van der Waals surface area contributed by atoms with Crippen molar-refractivity contribution in [3.05, 3.63) is 10.4 Å². The molecule has 17 heavy (non-hydrogen) atoms. The fourth-order valence-corrected chi connectivity index (χ4v) is 2.95. The summed E-state index contributed by atoms with van der Waals surface area (Å²) in [7, 11) is 0. The van der Waals surface area contributed by atoms with Crippen molar-refractivity contribution in [1.82, 2.24) is 0 Å². The van der Waals surface area contributed by atoms with Gasteiger partial charge in [0.15, 0.2) is 5.78 Å². The van der Waals surface area contributed by atoms with Crippen LogP contribution in [0.15, 0.2) is 0 Å². The van der Waals surface area contributed by atoms with Gasteiger partial charge in [0.2, 0.25) is 0 Å². The van der Waals surface area contributed by atoms with Crippen LogP contribution in [0.25, 0.3) is 0 Å². The Morgan fingerprint density at radius 3 is 2.65 bits per heavy atom. The number of rotatable bonds is 4. The van der Waals surface area contributed by atoms with Gasteiger partial charge < -0.3 is 11.1 Å². The second-order valence-electron chi connectivity index (χ2n) is 4.72. The quantitative estimate of drug-likeness (QED) is 0.800. The summed E-state index contributed by atoms with van der Waals surface area (Å²) in [6.07, 6.45) is 4.19. The summed E-state index contributed by atoms with van der Waals surface area (Å²) < 4.78 is 0. The SMILES string of the molecule is N#Cc1c(NC2CC2)sc(C(=O)C2CC2)c1N. The minimum atomic E-state index is 0.118. The van der Waals surface area contributed by atoms with Gasteiger partial charge in [0.1, 0.15) is 16.6 Å². The van der Waals surface area contributed by atoms with Gasteiger partial charge in [-0.2, -0.15) is 5.26 Å². The van der Waals surface area contributed by atoms with Crippen LogP contribution in [0.3, 0.4) is 0 Å². The molecule has 0 bridgehead atoms. The van der Waals surface area contributed by atoms with Crippen molar-refractivity contribution < 1.29 is 4.79 Å². The largest absolute Gasteiger partial charge is 0.396 e. The number of hydrogen-bond acceptors (Lipinski definition) is 5. The number of hydrogen-bond donors (Lipinski definition) is 2. The van der Waals surface area contributed by atoms with Gasteiger partial charge in [0, 0.05) is 12.0 Å². The van der Waals surface area contributed by atoms with Crippen LogP contribution in [-0.2, 0) is 0 Å². The number of nitriles is 1. The molecule has 2 saturated carbocycles. The lowest BCUT2D eigenvalue weighted by molar-refractivity contribution is 0.0972. The predicted octanol–water partition coefficient (Wildman–Crippen LogP) is 2.37. The number of nitrogen functional groups attached to an aromatic ring is 1. The maximum atomic E-state index is 12.0. The van der Waals surface area contributed by atoms with Crippen LogP contribution in [0.4, 0.5) is 10.7 Å². The normalized spacial score (nSPS) is 18.8. The molecule has 1 aromatic rings. The van der Waals surface area contributed by atoms with Gasteiger partial charge in [0.25, 0.3) is 0 Å². The van der Waals surface area contributed by atoms with E-state index in [1.165, 1.54) is 11.3 Å². The molecule has 0 atom stereocenters. The van der Waals surface area contributed by atoms with E-state index in [4.69, 9.17) is 11.0 Å². The van der Waals surface area contributed by atoms with E-state index in [0.717, 1.165) is 30.7 Å². The molecule has 0 amide bonds. The van der Waals surface area contributed by atoms with Gasteiger partial charge in [0.05, 0.1) is 10.6 Å². The first kappa shape index (κ1) is 10.6. The van der Waals surface area contributed by atoms with Crippen molar-refractivity contribution in [3.8, 4) is 6.07 Å². The van der Waals surface area contributed by atoms with E-state index in [1.54, 1.807) is 0 Å². The molecule has 1 aromatic heterocycles. The molecule has 3 N–H and O–H groups in total. The first-order chi connectivity index (χ1) is 8.20. The molecular weight excluding hydrogens is 234 g/mol. The minimum absolute atomic E-state index is 0.118. The Hall–Kier alpha value is -1.54. The lowest BCUT2D eigenvalue weighted by atomic mass is 10.1. The second kappa shape index (κ2) is 3.74. The van der Waals surface area contributed by atoms with E-state index in [9.17, 15) is 4.79 Å². The van der Waals surface area contributed by atoms with Gasteiger partial charge in [-0.3, -0.25) is 4.79 Å². The highest BCUT2D eigenvalue weighted by molar-refractivity contribution is 7.19. The van der Waals surface area contributed by atoms with Crippen molar-refractivity contribution in [2.75, 3.05) is 11.1 Å². The number of Topliss-reactive ketones (excluding diaryl/α,β-unsaturated/α-hetero) is 1. The average Bonchev–Trinajstić information content (AvgIpc) is 3.17. The number of nitrogens with zero attached hydrogens (tertiary/aromatic N) is 1. The van der Waals surface area contributed by atoms with Crippen LogP contribution < -0.4 is 11.1 Å². The molecule has 4 nitrogen and oxygen atoms in total.